The van der Waals surface area contributed by atoms with E-state index in [0.717, 1.165) is 22.0 Å². The number of para-hydroxylation sites is 2. The standard InChI is InChI=1S/C26H28N4O6S3/c1-28-22(37-14-35-2)21(31)29-23-25(13-26(29,24(28)32)38-15-36-3,18-12-27-19-10-6-4-8-16(18)19)17-9-5-7-11-20(17)30(23)39(33)34/h4-12,22-23,27H,13-15H2,1-3H3,(H,33,34)/t22-,23-,25+,26-/m0/s1. The van der Waals surface area contributed by atoms with E-state index in [-0.39, 0.29) is 30.1 Å². The number of hydrogen-bond acceptors (Lipinski definition) is 7. The number of thioether (sulfide) groups is 2. The molecule has 1 unspecified atom stereocenters. The minimum Gasteiger partial charge on any atom is -0.374 e. The molecule has 4 heterocycles. The smallest absolute Gasteiger partial charge is 0.263 e. The molecule has 2 fully saturated rings. The number of methoxy groups -OCH3 is 2. The molecule has 206 valence electrons. The normalized spacial score (nSPS) is 28.7. The third kappa shape index (κ3) is 3.57. The van der Waals surface area contributed by atoms with Crippen LogP contribution in [-0.4, -0.2) is 84.9 Å². The molecule has 2 aromatic carbocycles. The molecule has 0 radical (unpaired) electrons. The van der Waals surface area contributed by atoms with Gasteiger partial charge in [0.05, 0.1) is 23.0 Å². The lowest BCUT2D eigenvalue weighted by Crippen LogP contribution is -2.69. The fourth-order valence-corrected chi connectivity index (χ4v) is 9.33. The highest BCUT2D eigenvalue weighted by molar-refractivity contribution is 8.01. The second-order valence-corrected chi connectivity index (χ2v) is 12.8. The molecule has 3 aliphatic rings. The number of aromatic nitrogens is 1. The number of ether oxygens (including phenoxy) is 2. The molecule has 1 aromatic heterocycles. The van der Waals surface area contributed by atoms with Gasteiger partial charge >= 0.3 is 0 Å². The topological polar surface area (TPSA) is 115 Å². The zero-order chi connectivity index (χ0) is 27.5. The van der Waals surface area contributed by atoms with Gasteiger partial charge in [-0.15, -0.1) is 0 Å². The lowest BCUT2D eigenvalue weighted by atomic mass is 9.72. The lowest BCUT2D eigenvalue weighted by molar-refractivity contribution is -0.157. The van der Waals surface area contributed by atoms with Crippen molar-refractivity contribution in [2.45, 2.75) is 28.2 Å². The highest BCUT2D eigenvalue weighted by Gasteiger charge is 2.74. The number of nitrogens with zero attached hydrogens (tertiary/aromatic N) is 3. The number of benzene rings is 2. The molecule has 2 saturated heterocycles. The van der Waals surface area contributed by atoms with Gasteiger partial charge in [-0.05, 0) is 23.3 Å². The SMILES string of the molecule is COCS[C@H]1C(=O)N2[C@H]3N(S(=O)O)c4ccccc4[C@@]3(c3c[nH]c4ccccc34)C[C@]2(SCOC)C(=O)N1C. The zero-order valence-corrected chi connectivity index (χ0v) is 24.0. The summed E-state index contributed by atoms with van der Waals surface area (Å²) in [5.74, 6) is -0.223. The molecule has 10 nitrogen and oxygen atoms in total. The molecule has 0 saturated carbocycles. The third-order valence-corrected chi connectivity index (χ3v) is 11.2. The Kier molecular flexibility index (Phi) is 6.71. The summed E-state index contributed by atoms with van der Waals surface area (Å²) in [6, 6.07) is 15.2. The maximum Gasteiger partial charge on any atom is 0.263 e. The van der Waals surface area contributed by atoms with Crippen LogP contribution in [0.25, 0.3) is 10.9 Å². The highest BCUT2D eigenvalue weighted by Crippen LogP contribution is 2.65. The van der Waals surface area contributed by atoms with Gasteiger partial charge in [0, 0.05) is 44.8 Å². The van der Waals surface area contributed by atoms with Crippen molar-refractivity contribution in [3.05, 3.63) is 65.9 Å². The first-order valence-corrected chi connectivity index (χ1v) is 15.3. The summed E-state index contributed by atoms with van der Waals surface area (Å²) in [6.45, 7) is 0. The average Bonchev–Trinajstić information content (AvgIpc) is 3.58. The second-order valence-electron chi connectivity index (χ2n) is 9.73. The summed E-state index contributed by atoms with van der Waals surface area (Å²) in [7, 11) is 4.70. The molecule has 13 heteroatoms. The van der Waals surface area contributed by atoms with Gasteiger partial charge in [-0.2, -0.15) is 0 Å². The van der Waals surface area contributed by atoms with Crippen LogP contribution in [0.1, 0.15) is 17.5 Å². The van der Waals surface area contributed by atoms with Crippen molar-refractivity contribution in [2.75, 3.05) is 37.5 Å². The van der Waals surface area contributed by atoms with Gasteiger partial charge < -0.3 is 19.4 Å². The Bertz CT molecular complexity index is 1480. The number of fused-ring (bicyclic) bond motifs is 6. The summed E-state index contributed by atoms with van der Waals surface area (Å²) < 4.78 is 35.9. The summed E-state index contributed by atoms with van der Waals surface area (Å²) >= 11 is -0.0520. The average molecular weight is 589 g/mol. The van der Waals surface area contributed by atoms with Crippen LogP contribution >= 0.6 is 23.5 Å². The fraction of sp³-hybridized carbons (Fsp3) is 0.385. The monoisotopic (exact) mass is 588 g/mol. The fourth-order valence-electron chi connectivity index (χ4n) is 6.47. The van der Waals surface area contributed by atoms with Crippen molar-refractivity contribution in [3.8, 4) is 0 Å². The number of hydrogen-bond donors (Lipinski definition) is 2. The third-order valence-electron chi connectivity index (χ3n) is 7.89. The van der Waals surface area contributed by atoms with Crippen molar-refractivity contribution in [1.82, 2.24) is 14.8 Å². The summed E-state index contributed by atoms with van der Waals surface area (Å²) in [4.78, 5) is 33.8. The quantitative estimate of drug-likeness (QED) is 0.305. The van der Waals surface area contributed by atoms with Gasteiger partial charge in [0.2, 0.25) is 0 Å². The summed E-state index contributed by atoms with van der Waals surface area (Å²) in [6.07, 6.45) is 1.16. The van der Waals surface area contributed by atoms with Crippen molar-refractivity contribution in [2.24, 2.45) is 0 Å². The van der Waals surface area contributed by atoms with E-state index in [0.29, 0.717) is 5.69 Å². The van der Waals surface area contributed by atoms with Crippen molar-refractivity contribution >= 4 is 63.2 Å². The maximum atomic E-state index is 14.5. The largest absolute Gasteiger partial charge is 0.374 e. The van der Waals surface area contributed by atoms with E-state index < -0.39 is 33.1 Å². The number of rotatable bonds is 8. The van der Waals surface area contributed by atoms with Gasteiger partial charge in [-0.3, -0.25) is 19.0 Å². The molecular formula is C26H28N4O6S3. The van der Waals surface area contributed by atoms with Crippen molar-refractivity contribution in [3.63, 3.8) is 0 Å². The molecule has 3 aromatic rings. The molecule has 3 aliphatic heterocycles. The van der Waals surface area contributed by atoms with E-state index in [2.05, 4.69) is 4.98 Å². The van der Waals surface area contributed by atoms with Gasteiger partial charge in [0.15, 0.2) is 10.2 Å². The number of amides is 2. The molecule has 6 rings (SSSR count). The van der Waals surface area contributed by atoms with Crippen LogP contribution in [0.5, 0.6) is 0 Å². The molecular weight excluding hydrogens is 561 g/mol. The molecule has 2 amide bonds. The van der Waals surface area contributed by atoms with Gasteiger partial charge in [-0.25, -0.2) is 8.51 Å². The van der Waals surface area contributed by atoms with E-state index in [4.69, 9.17) is 9.47 Å². The van der Waals surface area contributed by atoms with Crippen LogP contribution < -0.4 is 4.31 Å². The Labute approximate surface area is 236 Å². The first-order valence-electron chi connectivity index (χ1n) is 12.2. The first-order chi connectivity index (χ1) is 18.8. The van der Waals surface area contributed by atoms with Crippen molar-refractivity contribution < 1.29 is 27.8 Å². The highest BCUT2D eigenvalue weighted by atomic mass is 32.2. The van der Waals surface area contributed by atoms with E-state index >= 15 is 0 Å². The Morgan fingerprint density at radius 2 is 1.79 bits per heavy atom. The molecule has 5 atom stereocenters. The first kappa shape index (κ1) is 26.7. The number of carbonyl (C=O) groups excluding carboxylic acids is 2. The maximum absolute atomic E-state index is 14.5. The van der Waals surface area contributed by atoms with E-state index in [1.165, 1.54) is 39.8 Å². The molecule has 39 heavy (non-hydrogen) atoms. The summed E-state index contributed by atoms with van der Waals surface area (Å²) in [5, 5.41) is 0.0679. The van der Waals surface area contributed by atoms with Crippen LogP contribution in [0.2, 0.25) is 0 Å². The predicted octanol–water partition coefficient (Wildman–Crippen LogP) is 3.14. The minimum absolute atomic E-state index is 0.153. The second kappa shape index (κ2) is 9.82. The van der Waals surface area contributed by atoms with Gasteiger partial charge in [0.1, 0.15) is 6.17 Å². The Morgan fingerprint density at radius 1 is 1.08 bits per heavy atom. The number of aromatic amines is 1. The zero-order valence-electron chi connectivity index (χ0n) is 21.5. The summed E-state index contributed by atoms with van der Waals surface area (Å²) in [5.41, 5.74) is 2.10. The van der Waals surface area contributed by atoms with Gasteiger partial charge in [-0.1, -0.05) is 59.9 Å². The number of likely N-dealkylation sites (N-methyl/N-ethyl adjacent to an activating group) is 1. The Hall–Kier alpha value is -2.55. The molecule has 0 bridgehead atoms. The number of nitrogens with one attached hydrogen (secondary N) is 1. The van der Waals surface area contributed by atoms with Crippen LogP contribution in [0.15, 0.2) is 54.7 Å². The molecule has 2 N–H and O–H groups in total. The van der Waals surface area contributed by atoms with Gasteiger partial charge in [0.25, 0.3) is 23.1 Å². The minimum atomic E-state index is -2.49. The van der Waals surface area contributed by atoms with Crippen LogP contribution in [0, 0.1) is 0 Å². The Balaban J connectivity index is 1.67. The van der Waals surface area contributed by atoms with E-state index in [9.17, 15) is 18.4 Å². The van der Waals surface area contributed by atoms with E-state index in [1.54, 1.807) is 25.1 Å². The van der Waals surface area contributed by atoms with Crippen LogP contribution in [0.4, 0.5) is 5.69 Å². The number of anilines is 1. The van der Waals surface area contributed by atoms with Crippen LogP contribution in [0.3, 0.4) is 0 Å². The lowest BCUT2D eigenvalue weighted by Gasteiger charge is -2.49. The number of carbonyl (C=O) groups is 2. The van der Waals surface area contributed by atoms with E-state index in [1.807, 2.05) is 48.7 Å². The Morgan fingerprint density at radius 3 is 2.54 bits per heavy atom. The molecule has 0 spiro atoms. The van der Waals surface area contributed by atoms with Crippen molar-refractivity contribution in [1.29, 1.82) is 0 Å². The number of piperazine rings is 1. The molecule has 0 aliphatic carbocycles. The number of H-pyrrole nitrogens is 1. The predicted molar refractivity (Wildman–Crippen MR) is 152 cm³/mol. The van der Waals surface area contributed by atoms with Crippen LogP contribution in [-0.2, 0) is 35.7 Å².